The van der Waals surface area contributed by atoms with E-state index in [-0.39, 0.29) is 23.8 Å². The molecule has 1 amide bonds. The molecule has 114 valence electrons. The summed E-state index contributed by atoms with van der Waals surface area (Å²) in [4.78, 5) is 13.8. The molecule has 2 unspecified atom stereocenters. The number of carbonyl (C=O) groups excluding carboxylic acids is 1. The maximum absolute atomic E-state index is 13.4. The number of para-hydroxylation sites is 1. The molecule has 22 heavy (non-hydrogen) atoms. The lowest BCUT2D eigenvalue weighted by atomic mass is 9.91. The van der Waals surface area contributed by atoms with E-state index in [0.29, 0.717) is 0 Å². The molecule has 3 rings (SSSR count). The van der Waals surface area contributed by atoms with E-state index in [2.05, 4.69) is 5.32 Å². The van der Waals surface area contributed by atoms with Gasteiger partial charge in [-0.25, -0.2) is 4.39 Å². The molecular formula is C18H19FN2O. The Hall–Kier alpha value is -2.36. The van der Waals surface area contributed by atoms with Gasteiger partial charge >= 0.3 is 0 Å². The van der Waals surface area contributed by atoms with Crippen molar-refractivity contribution in [3.05, 3.63) is 59.9 Å². The normalized spacial score (nSPS) is 20.4. The molecule has 0 spiro atoms. The van der Waals surface area contributed by atoms with Crippen molar-refractivity contribution in [1.29, 1.82) is 0 Å². The number of benzene rings is 2. The highest BCUT2D eigenvalue weighted by atomic mass is 19.1. The number of halogens is 1. The summed E-state index contributed by atoms with van der Waals surface area (Å²) < 4.78 is 13.4. The molecule has 0 bridgehead atoms. The molecule has 0 aromatic heterocycles. The van der Waals surface area contributed by atoms with Gasteiger partial charge in [0.2, 0.25) is 5.91 Å². The summed E-state index contributed by atoms with van der Waals surface area (Å²) in [5.74, 6) is -0.211. The third-order valence-corrected chi connectivity index (χ3v) is 4.09. The maximum atomic E-state index is 13.4. The molecule has 0 saturated carbocycles. The van der Waals surface area contributed by atoms with Crippen molar-refractivity contribution in [3.63, 3.8) is 0 Å². The van der Waals surface area contributed by atoms with Gasteiger partial charge in [0.1, 0.15) is 5.82 Å². The third-order valence-electron chi connectivity index (χ3n) is 4.09. The molecule has 4 heteroatoms. The fraction of sp³-hybridized carbons (Fsp3) is 0.278. The van der Waals surface area contributed by atoms with Gasteiger partial charge in [-0.3, -0.25) is 4.79 Å². The van der Waals surface area contributed by atoms with Gasteiger partial charge in [0, 0.05) is 24.3 Å². The monoisotopic (exact) mass is 298 g/mol. The number of carbonyl (C=O) groups is 1. The first kappa shape index (κ1) is 14.6. The second-order valence-electron chi connectivity index (χ2n) is 5.74. The highest BCUT2D eigenvalue weighted by Crippen LogP contribution is 2.38. The van der Waals surface area contributed by atoms with Crippen molar-refractivity contribution < 1.29 is 9.18 Å². The number of fused-ring (bicyclic) bond motifs is 1. The van der Waals surface area contributed by atoms with Gasteiger partial charge in [0.15, 0.2) is 0 Å². The summed E-state index contributed by atoms with van der Waals surface area (Å²) in [5, 5.41) is 3.39. The number of nitrogens with one attached hydrogen (secondary N) is 1. The molecule has 0 fully saturated rings. The largest absolute Gasteiger partial charge is 0.378 e. The van der Waals surface area contributed by atoms with Crippen LogP contribution in [0.3, 0.4) is 0 Å². The van der Waals surface area contributed by atoms with Gasteiger partial charge in [0.25, 0.3) is 0 Å². The van der Waals surface area contributed by atoms with Crippen LogP contribution in [0.1, 0.15) is 31.9 Å². The lowest BCUT2D eigenvalue weighted by Gasteiger charge is -2.39. The number of anilines is 2. The molecule has 2 aromatic rings. The number of amides is 1. The second kappa shape index (κ2) is 5.79. The zero-order valence-electron chi connectivity index (χ0n) is 12.7. The van der Waals surface area contributed by atoms with Gasteiger partial charge in [-0.2, -0.15) is 0 Å². The number of nitrogens with zero attached hydrogens (tertiary/aromatic N) is 1. The van der Waals surface area contributed by atoms with E-state index in [1.54, 1.807) is 13.0 Å². The Kier molecular flexibility index (Phi) is 3.84. The van der Waals surface area contributed by atoms with E-state index in [1.807, 2.05) is 42.2 Å². The van der Waals surface area contributed by atoms with Crippen LogP contribution in [-0.4, -0.2) is 11.9 Å². The van der Waals surface area contributed by atoms with Crippen molar-refractivity contribution in [3.8, 4) is 0 Å². The van der Waals surface area contributed by atoms with Gasteiger partial charge in [-0.1, -0.05) is 24.3 Å². The maximum Gasteiger partial charge on any atom is 0.224 e. The molecular weight excluding hydrogens is 279 g/mol. The molecule has 1 N–H and O–H groups in total. The van der Waals surface area contributed by atoms with Gasteiger partial charge in [-0.15, -0.1) is 0 Å². The topological polar surface area (TPSA) is 32.3 Å². The molecule has 2 aromatic carbocycles. The van der Waals surface area contributed by atoms with Gasteiger partial charge in [-0.05, 0) is 43.2 Å². The summed E-state index contributed by atoms with van der Waals surface area (Å²) >= 11 is 0. The van der Waals surface area contributed by atoms with Crippen molar-refractivity contribution in [1.82, 2.24) is 0 Å². The molecule has 1 aliphatic heterocycles. The van der Waals surface area contributed by atoms with E-state index in [4.69, 9.17) is 0 Å². The number of rotatable bonds is 2. The van der Waals surface area contributed by atoms with Gasteiger partial charge < -0.3 is 10.2 Å². The fourth-order valence-corrected chi connectivity index (χ4v) is 3.21. The smallest absolute Gasteiger partial charge is 0.224 e. The summed E-state index contributed by atoms with van der Waals surface area (Å²) in [5.41, 5.74) is 2.76. The first-order chi connectivity index (χ1) is 10.6. The molecule has 2 atom stereocenters. The summed E-state index contributed by atoms with van der Waals surface area (Å²) in [7, 11) is 0. The minimum absolute atomic E-state index is 0.0455. The quantitative estimate of drug-likeness (QED) is 0.904. The minimum atomic E-state index is -0.257. The van der Waals surface area contributed by atoms with Gasteiger partial charge in [0.05, 0.1) is 6.04 Å². The first-order valence-corrected chi connectivity index (χ1v) is 7.47. The van der Waals surface area contributed by atoms with Crippen molar-refractivity contribution in [2.24, 2.45) is 0 Å². The standard InChI is InChI=1S/C18H19FN2O/c1-12-10-17(20-15-7-5-6-14(19)11-15)16-8-3-4-9-18(16)21(12)13(2)22/h3-9,11-12,17,20H,10H2,1-2H3. The summed E-state index contributed by atoms with van der Waals surface area (Å²) in [6, 6.07) is 14.5. The average Bonchev–Trinajstić information content (AvgIpc) is 2.47. The Bertz CT molecular complexity index is 701. The SMILES string of the molecule is CC(=O)N1c2ccccc2C(Nc2cccc(F)c2)CC1C. The van der Waals surface area contributed by atoms with E-state index in [1.165, 1.54) is 12.1 Å². The van der Waals surface area contributed by atoms with Crippen LogP contribution in [0.25, 0.3) is 0 Å². The van der Waals surface area contributed by atoms with Crippen molar-refractivity contribution >= 4 is 17.3 Å². The highest BCUT2D eigenvalue weighted by molar-refractivity contribution is 5.93. The summed E-state index contributed by atoms with van der Waals surface area (Å²) in [6.07, 6.45) is 0.785. The zero-order chi connectivity index (χ0) is 15.7. The average molecular weight is 298 g/mol. The zero-order valence-corrected chi connectivity index (χ0v) is 12.7. The van der Waals surface area contributed by atoms with Crippen LogP contribution in [0.2, 0.25) is 0 Å². The van der Waals surface area contributed by atoms with E-state index >= 15 is 0 Å². The molecule has 1 aliphatic rings. The second-order valence-corrected chi connectivity index (χ2v) is 5.74. The fourth-order valence-electron chi connectivity index (χ4n) is 3.21. The van der Waals surface area contributed by atoms with Crippen LogP contribution in [0.15, 0.2) is 48.5 Å². The lowest BCUT2D eigenvalue weighted by molar-refractivity contribution is -0.117. The van der Waals surface area contributed by atoms with Crippen LogP contribution in [0, 0.1) is 5.82 Å². The first-order valence-electron chi connectivity index (χ1n) is 7.47. The molecule has 0 radical (unpaired) electrons. The predicted octanol–water partition coefficient (Wildman–Crippen LogP) is 4.12. The Morgan fingerprint density at radius 1 is 1.23 bits per heavy atom. The Morgan fingerprint density at radius 3 is 2.73 bits per heavy atom. The van der Waals surface area contributed by atoms with Crippen molar-refractivity contribution in [2.75, 3.05) is 10.2 Å². The Balaban J connectivity index is 1.96. The van der Waals surface area contributed by atoms with Crippen LogP contribution in [0.5, 0.6) is 0 Å². The van der Waals surface area contributed by atoms with E-state index < -0.39 is 0 Å². The summed E-state index contributed by atoms with van der Waals surface area (Å²) in [6.45, 7) is 3.63. The number of hydrogen-bond donors (Lipinski definition) is 1. The van der Waals surface area contributed by atoms with E-state index in [0.717, 1.165) is 23.4 Å². The van der Waals surface area contributed by atoms with Crippen LogP contribution >= 0.6 is 0 Å². The molecule has 3 nitrogen and oxygen atoms in total. The number of hydrogen-bond acceptors (Lipinski definition) is 2. The highest BCUT2D eigenvalue weighted by Gasteiger charge is 2.31. The molecule has 0 aliphatic carbocycles. The van der Waals surface area contributed by atoms with E-state index in [9.17, 15) is 9.18 Å². The van der Waals surface area contributed by atoms with Crippen LogP contribution in [-0.2, 0) is 4.79 Å². The minimum Gasteiger partial charge on any atom is -0.378 e. The van der Waals surface area contributed by atoms with Crippen LogP contribution in [0.4, 0.5) is 15.8 Å². The lowest BCUT2D eigenvalue weighted by Crippen LogP contribution is -2.43. The Morgan fingerprint density at radius 2 is 2.00 bits per heavy atom. The molecule has 0 saturated heterocycles. The third kappa shape index (κ3) is 2.69. The van der Waals surface area contributed by atoms with Crippen molar-refractivity contribution in [2.45, 2.75) is 32.4 Å². The Labute approximate surface area is 129 Å². The predicted molar refractivity (Wildman–Crippen MR) is 86.4 cm³/mol. The van der Waals surface area contributed by atoms with Crippen LogP contribution < -0.4 is 10.2 Å². The molecule has 1 heterocycles.